The van der Waals surface area contributed by atoms with Gasteiger partial charge in [0.25, 0.3) is 5.91 Å². The van der Waals surface area contributed by atoms with Gasteiger partial charge in [-0.2, -0.15) is 0 Å². The average molecular weight is 406 g/mol. The first-order valence-corrected chi connectivity index (χ1v) is 10.3. The Morgan fingerprint density at radius 1 is 1.07 bits per heavy atom. The maximum atomic E-state index is 12.8. The predicted octanol–water partition coefficient (Wildman–Crippen LogP) is 2.81. The molecular formula is C23H26N4O3. The molecule has 4 N–H and O–H groups in total. The maximum absolute atomic E-state index is 12.8. The number of hydrogen-bond donors (Lipinski definition) is 4. The Kier molecular flexibility index (Phi) is 6.21. The van der Waals surface area contributed by atoms with E-state index in [4.69, 9.17) is 0 Å². The minimum atomic E-state index is -0.779. The van der Waals surface area contributed by atoms with Crippen molar-refractivity contribution in [3.8, 4) is 0 Å². The van der Waals surface area contributed by atoms with Gasteiger partial charge in [-0.1, -0.05) is 42.5 Å². The lowest BCUT2D eigenvalue weighted by atomic mass is 9.93. The molecule has 7 nitrogen and oxygen atoms in total. The van der Waals surface area contributed by atoms with Crippen molar-refractivity contribution in [3.05, 3.63) is 65.9 Å². The molecule has 0 saturated heterocycles. The molecular weight excluding hydrogens is 380 g/mol. The Labute approximate surface area is 175 Å². The molecule has 4 rings (SSSR count). The second kappa shape index (κ2) is 9.19. The van der Waals surface area contributed by atoms with Crippen molar-refractivity contribution >= 4 is 22.8 Å². The highest BCUT2D eigenvalue weighted by Crippen LogP contribution is 2.23. The van der Waals surface area contributed by atoms with Crippen LogP contribution in [0.25, 0.3) is 10.9 Å². The molecule has 1 heterocycles. The van der Waals surface area contributed by atoms with Crippen LogP contribution < -0.4 is 10.6 Å². The molecule has 1 aliphatic carbocycles. The van der Waals surface area contributed by atoms with Crippen LogP contribution in [0.4, 0.5) is 5.95 Å². The van der Waals surface area contributed by atoms with Crippen molar-refractivity contribution in [1.29, 1.82) is 0 Å². The standard InChI is InChI=1S/C23H26N4O3/c28-18-11-9-17(10-12-18)26-23-25-13-16-7-4-8-19(21(16)27-23)22(30)24-14-20(29)15-5-2-1-3-6-15/h1-8,13,17-18,20,28-29H,9-12,14H2,(H,24,30)(H,25,26,27). The Hall–Kier alpha value is -3.03. The minimum Gasteiger partial charge on any atom is -0.393 e. The van der Waals surface area contributed by atoms with Crippen LogP contribution in [0.1, 0.15) is 47.7 Å². The number of carbonyl (C=O) groups excluding carboxylic acids is 1. The fourth-order valence-electron chi connectivity index (χ4n) is 3.79. The summed E-state index contributed by atoms with van der Waals surface area (Å²) in [5, 5.41) is 26.9. The molecule has 2 aromatic carbocycles. The molecule has 30 heavy (non-hydrogen) atoms. The van der Waals surface area contributed by atoms with E-state index >= 15 is 0 Å². The van der Waals surface area contributed by atoms with Gasteiger partial charge in [0.05, 0.1) is 23.3 Å². The van der Waals surface area contributed by atoms with Crippen LogP contribution in [0.15, 0.2) is 54.7 Å². The summed E-state index contributed by atoms with van der Waals surface area (Å²) in [4.78, 5) is 21.8. The van der Waals surface area contributed by atoms with E-state index in [1.54, 1.807) is 18.3 Å². The first-order chi connectivity index (χ1) is 14.6. The van der Waals surface area contributed by atoms with Gasteiger partial charge in [0.15, 0.2) is 0 Å². The van der Waals surface area contributed by atoms with Gasteiger partial charge in [0.2, 0.25) is 5.95 Å². The topological polar surface area (TPSA) is 107 Å². The number of amides is 1. The zero-order valence-electron chi connectivity index (χ0n) is 16.7. The van der Waals surface area contributed by atoms with Gasteiger partial charge in [-0.3, -0.25) is 4.79 Å². The van der Waals surface area contributed by atoms with E-state index in [1.165, 1.54) is 0 Å². The zero-order chi connectivity index (χ0) is 20.9. The molecule has 1 saturated carbocycles. The van der Waals surface area contributed by atoms with Gasteiger partial charge in [-0.15, -0.1) is 0 Å². The van der Waals surface area contributed by atoms with Crippen molar-refractivity contribution in [2.24, 2.45) is 0 Å². The Balaban J connectivity index is 1.48. The molecule has 0 spiro atoms. The molecule has 1 atom stereocenters. The second-order valence-electron chi connectivity index (χ2n) is 7.72. The number of nitrogens with one attached hydrogen (secondary N) is 2. The summed E-state index contributed by atoms with van der Waals surface area (Å²) in [6.07, 6.45) is 3.97. The van der Waals surface area contributed by atoms with E-state index < -0.39 is 6.10 Å². The minimum absolute atomic E-state index is 0.111. The third-order valence-corrected chi connectivity index (χ3v) is 5.53. The third kappa shape index (κ3) is 4.75. The van der Waals surface area contributed by atoms with Crippen LogP contribution in [0.5, 0.6) is 0 Å². The number of rotatable bonds is 6. The van der Waals surface area contributed by atoms with Crippen molar-refractivity contribution in [3.63, 3.8) is 0 Å². The van der Waals surface area contributed by atoms with E-state index in [1.807, 2.05) is 36.4 Å². The van der Waals surface area contributed by atoms with E-state index in [-0.39, 0.29) is 24.6 Å². The van der Waals surface area contributed by atoms with E-state index in [0.29, 0.717) is 17.0 Å². The van der Waals surface area contributed by atoms with Crippen LogP contribution in [-0.4, -0.2) is 44.8 Å². The number of hydrogen-bond acceptors (Lipinski definition) is 6. The Bertz CT molecular complexity index is 1000. The zero-order valence-corrected chi connectivity index (χ0v) is 16.7. The number of aliphatic hydroxyl groups is 2. The lowest BCUT2D eigenvalue weighted by Crippen LogP contribution is -2.29. The highest BCUT2D eigenvalue weighted by molar-refractivity contribution is 6.05. The first-order valence-electron chi connectivity index (χ1n) is 10.3. The van der Waals surface area contributed by atoms with Crippen LogP contribution in [0, 0.1) is 0 Å². The molecule has 1 aromatic heterocycles. The molecule has 0 radical (unpaired) electrons. The van der Waals surface area contributed by atoms with Gasteiger partial charge in [-0.05, 0) is 37.3 Å². The molecule has 0 bridgehead atoms. The van der Waals surface area contributed by atoms with Crippen molar-refractivity contribution in [2.45, 2.75) is 43.9 Å². The average Bonchev–Trinajstić information content (AvgIpc) is 2.79. The van der Waals surface area contributed by atoms with E-state index in [0.717, 1.165) is 36.6 Å². The molecule has 3 aromatic rings. The number of carbonyl (C=O) groups is 1. The normalized spacial score (nSPS) is 19.9. The number of nitrogens with zero attached hydrogens (tertiary/aromatic N) is 2. The highest BCUT2D eigenvalue weighted by Gasteiger charge is 2.20. The maximum Gasteiger partial charge on any atom is 0.253 e. The molecule has 0 aliphatic heterocycles. The van der Waals surface area contributed by atoms with Crippen LogP contribution in [-0.2, 0) is 0 Å². The highest BCUT2D eigenvalue weighted by atomic mass is 16.3. The summed E-state index contributed by atoms with van der Waals surface area (Å²) in [6, 6.07) is 14.8. The molecule has 1 fully saturated rings. The monoisotopic (exact) mass is 406 g/mol. The molecule has 7 heteroatoms. The summed E-state index contributed by atoms with van der Waals surface area (Å²) in [6.45, 7) is 0.111. The van der Waals surface area contributed by atoms with Gasteiger partial charge >= 0.3 is 0 Å². The number of benzene rings is 2. The fourth-order valence-corrected chi connectivity index (χ4v) is 3.79. The van der Waals surface area contributed by atoms with Gasteiger partial charge in [0, 0.05) is 24.2 Å². The van der Waals surface area contributed by atoms with Crippen molar-refractivity contribution in [1.82, 2.24) is 15.3 Å². The first kappa shape index (κ1) is 20.3. The number of anilines is 1. The number of para-hydroxylation sites is 1. The van der Waals surface area contributed by atoms with Crippen molar-refractivity contribution in [2.75, 3.05) is 11.9 Å². The summed E-state index contributed by atoms with van der Waals surface area (Å²) in [5.41, 5.74) is 1.76. The lowest BCUT2D eigenvalue weighted by molar-refractivity contribution is 0.0917. The number of fused-ring (bicyclic) bond motifs is 1. The Morgan fingerprint density at radius 3 is 2.60 bits per heavy atom. The van der Waals surface area contributed by atoms with Crippen LogP contribution >= 0.6 is 0 Å². The summed E-state index contributed by atoms with van der Waals surface area (Å²) >= 11 is 0. The molecule has 1 amide bonds. The van der Waals surface area contributed by atoms with Crippen molar-refractivity contribution < 1.29 is 15.0 Å². The van der Waals surface area contributed by atoms with Gasteiger partial charge in [-0.25, -0.2) is 9.97 Å². The second-order valence-corrected chi connectivity index (χ2v) is 7.72. The fraction of sp³-hybridized carbons (Fsp3) is 0.348. The summed E-state index contributed by atoms with van der Waals surface area (Å²) in [7, 11) is 0. The molecule has 1 aliphatic rings. The lowest BCUT2D eigenvalue weighted by Gasteiger charge is -2.26. The predicted molar refractivity (Wildman–Crippen MR) is 115 cm³/mol. The summed E-state index contributed by atoms with van der Waals surface area (Å²) < 4.78 is 0. The smallest absolute Gasteiger partial charge is 0.253 e. The summed E-state index contributed by atoms with van der Waals surface area (Å²) in [5.74, 6) is 0.189. The molecule has 1 unspecified atom stereocenters. The van der Waals surface area contributed by atoms with Crippen LogP contribution in [0.2, 0.25) is 0 Å². The van der Waals surface area contributed by atoms with E-state index in [9.17, 15) is 15.0 Å². The van der Waals surface area contributed by atoms with Gasteiger partial charge in [0.1, 0.15) is 0 Å². The Morgan fingerprint density at radius 2 is 1.83 bits per heavy atom. The number of aliphatic hydroxyl groups excluding tert-OH is 2. The SMILES string of the molecule is O=C(NCC(O)c1ccccc1)c1cccc2cnc(NC3CCC(O)CC3)nc12. The van der Waals surface area contributed by atoms with Gasteiger partial charge < -0.3 is 20.8 Å². The van der Waals surface area contributed by atoms with E-state index in [2.05, 4.69) is 20.6 Å². The van der Waals surface area contributed by atoms with Crippen LogP contribution in [0.3, 0.4) is 0 Å². The quantitative estimate of drug-likeness (QED) is 0.501. The number of aromatic nitrogens is 2. The third-order valence-electron chi connectivity index (χ3n) is 5.53. The largest absolute Gasteiger partial charge is 0.393 e. The molecule has 156 valence electrons.